The fourth-order valence-electron chi connectivity index (χ4n) is 1.25. The number of carbonyl (C=O) groups excluding carboxylic acids is 2. The van der Waals surface area contributed by atoms with Crippen LogP contribution < -0.4 is 5.32 Å². The van der Waals surface area contributed by atoms with Crippen molar-refractivity contribution in [3.8, 4) is 0 Å². The van der Waals surface area contributed by atoms with Crippen molar-refractivity contribution >= 4 is 63.5 Å². The molecule has 1 aliphatic heterocycles. The molecule has 1 aromatic carbocycles. The number of nitrogens with one attached hydrogen (secondary N) is 1. The third kappa shape index (κ3) is 2.24. The Morgan fingerprint density at radius 3 is 2.61 bits per heavy atom. The lowest BCUT2D eigenvalue weighted by molar-refractivity contribution is -0.150. The summed E-state index contributed by atoms with van der Waals surface area (Å²) in [5.41, 5.74) is 0.918. The first-order valence-electron chi connectivity index (χ1n) is 4.54. The summed E-state index contributed by atoms with van der Waals surface area (Å²) in [6.07, 6.45) is 0. The molecule has 94 valence electrons. The Kier molecular flexibility index (Phi) is 3.65. The molecule has 1 aromatic rings. The van der Waals surface area contributed by atoms with Crippen LogP contribution in [0.5, 0.6) is 0 Å². The molecule has 1 amide bonds. The molecule has 0 atom stereocenters. The average molecular weight is 306 g/mol. The maximum Gasteiger partial charge on any atom is 0.396 e. The monoisotopic (exact) mass is 305 g/mol. The fraction of sp³-hybridized carbons (Fsp3) is 0.111. The minimum Gasteiger partial charge on any atom is -0.462 e. The molecule has 1 N–H and O–H groups in total. The number of nitrogens with zero attached hydrogens (tertiary/aromatic N) is 2. The van der Waals surface area contributed by atoms with Gasteiger partial charge in [0.05, 0.1) is 34.2 Å². The van der Waals surface area contributed by atoms with E-state index in [2.05, 4.69) is 18.8 Å². The Balaban J connectivity index is 2.41. The van der Waals surface area contributed by atoms with Gasteiger partial charge in [-0.05, 0) is 6.07 Å². The van der Waals surface area contributed by atoms with E-state index in [9.17, 15) is 9.59 Å². The van der Waals surface area contributed by atoms with Gasteiger partial charge in [-0.3, -0.25) is 4.79 Å². The van der Waals surface area contributed by atoms with E-state index in [4.69, 9.17) is 23.2 Å². The Bertz CT molecular complexity index is 626. The summed E-state index contributed by atoms with van der Waals surface area (Å²) in [6, 6.07) is 1.42. The SMILES string of the molecule is COC(=O)C(=O)Nc1c(Cl)cc(Cl)c2c1N=S=N2. The number of fused-ring (bicyclic) bond motifs is 1. The number of carbonyl (C=O) groups is 2. The number of halogens is 2. The van der Waals surface area contributed by atoms with Crippen molar-refractivity contribution in [2.75, 3.05) is 12.4 Å². The van der Waals surface area contributed by atoms with Gasteiger partial charge in [0.2, 0.25) is 0 Å². The van der Waals surface area contributed by atoms with E-state index in [0.717, 1.165) is 18.5 Å². The van der Waals surface area contributed by atoms with Crippen molar-refractivity contribution in [1.29, 1.82) is 0 Å². The molecule has 0 aromatic heterocycles. The van der Waals surface area contributed by atoms with Crippen LogP contribution in [0.1, 0.15) is 0 Å². The largest absolute Gasteiger partial charge is 0.462 e. The standard InChI is InChI=1S/C9H5Cl2N3O3S/c1-17-9(16)8(15)12-5-3(10)2-4(11)6-7(5)14-18-13-6/h2H,1H3,(H,12,15). The molecular formula is C9H5Cl2N3O3S. The maximum atomic E-state index is 11.4. The van der Waals surface area contributed by atoms with E-state index in [1.165, 1.54) is 6.07 Å². The number of rotatable bonds is 1. The van der Waals surface area contributed by atoms with E-state index in [0.29, 0.717) is 16.4 Å². The molecule has 18 heavy (non-hydrogen) atoms. The molecule has 6 nitrogen and oxygen atoms in total. The van der Waals surface area contributed by atoms with Crippen molar-refractivity contribution in [3.05, 3.63) is 16.1 Å². The summed E-state index contributed by atoms with van der Waals surface area (Å²) in [5, 5.41) is 2.80. The first-order valence-corrected chi connectivity index (χ1v) is 6.02. The Morgan fingerprint density at radius 2 is 1.94 bits per heavy atom. The second-order valence-corrected chi connectivity index (χ2v) is 4.47. The zero-order chi connectivity index (χ0) is 13.3. The molecule has 0 spiro atoms. The molecule has 0 saturated heterocycles. The number of hydrogen-bond acceptors (Lipinski definition) is 5. The normalized spacial score (nSPS) is 11.7. The molecule has 1 heterocycles. The summed E-state index contributed by atoms with van der Waals surface area (Å²) in [5.74, 6) is -1.98. The number of amides is 1. The van der Waals surface area contributed by atoms with Crippen LogP contribution in [-0.4, -0.2) is 19.0 Å². The maximum absolute atomic E-state index is 11.4. The average Bonchev–Trinajstić information content (AvgIpc) is 2.82. The van der Waals surface area contributed by atoms with Gasteiger partial charge in [-0.25, -0.2) is 4.79 Å². The summed E-state index contributed by atoms with van der Waals surface area (Å²) in [6.45, 7) is 0. The molecule has 0 unspecified atom stereocenters. The third-order valence-electron chi connectivity index (χ3n) is 2.05. The van der Waals surface area contributed by atoms with Crippen LogP contribution in [0.2, 0.25) is 10.0 Å². The van der Waals surface area contributed by atoms with Crippen molar-refractivity contribution in [2.45, 2.75) is 0 Å². The van der Waals surface area contributed by atoms with Gasteiger partial charge in [-0.1, -0.05) is 23.2 Å². The van der Waals surface area contributed by atoms with Crippen LogP contribution in [0.4, 0.5) is 17.1 Å². The van der Waals surface area contributed by atoms with Gasteiger partial charge in [0.15, 0.2) is 0 Å². The van der Waals surface area contributed by atoms with Gasteiger partial charge in [0.25, 0.3) is 0 Å². The van der Waals surface area contributed by atoms with E-state index in [1.807, 2.05) is 0 Å². The van der Waals surface area contributed by atoms with Crippen molar-refractivity contribution < 1.29 is 14.3 Å². The van der Waals surface area contributed by atoms with Gasteiger partial charge >= 0.3 is 11.9 Å². The molecule has 9 heteroatoms. The lowest BCUT2D eigenvalue weighted by atomic mass is 10.2. The van der Waals surface area contributed by atoms with E-state index in [-0.39, 0.29) is 10.7 Å². The van der Waals surface area contributed by atoms with Crippen LogP contribution in [0, 0.1) is 0 Å². The minimum atomic E-state index is -1.03. The number of methoxy groups -OCH3 is 1. The first kappa shape index (κ1) is 13.0. The van der Waals surface area contributed by atoms with Gasteiger partial charge in [-0.2, -0.15) is 8.73 Å². The topological polar surface area (TPSA) is 80.1 Å². The van der Waals surface area contributed by atoms with Crippen LogP contribution in [-0.2, 0) is 25.7 Å². The molecule has 0 saturated carbocycles. The molecule has 2 rings (SSSR count). The molecule has 0 radical (unpaired) electrons. The lowest BCUT2D eigenvalue weighted by Crippen LogP contribution is -2.24. The first-order chi connectivity index (χ1) is 8.54. The highest BCUT2D eigenvalue weighted by Crippen LogP contribution is 2.47. The van der Waals surface area contributed by atoms with Crippen molar-refractivity contribution in [3.63, 3.8) is 0 Å². The molecular weight excluding hydrogens is 301 g/mol. The summed E-state index contributed by atoms with van der Waals surface area (Å²) < 4.78 is 12.2. The van der Waals surface area contributed by atoms with Gasteiger partial charge < -0.3 is 10.1 Å². The summed E-state index contributed by atoms with van der Waals surface area (Å²) in [4.78, 5) is 22.5. The van der Waals surface area contributed by atoms with E-state index < -0.39 is 11.9 Å². The highest BCUT2D eigenvalue weighted by atomic mass is 35.5. The lowest BCUT2D eigenvalue weighted by Gasteiger charge is -2.09. The Labute approximate surface area is 115 Å². The van der Waals surface area contributed by atoms with Gasteiger partial charge in [-0.15, -0.1) is 0 Å². The van der Waals surface area contributed by atoms with Gasteiger partial charge in [0.1, 0.15) is 11.4 Å². The fourth-order valence-corrected chi connectivity index (χ4v) is 2.41. The number of esters is 1. The second kappa shape index (κ2) is 5.05. The zero-order valence-corrected chi connectivity index (χ0v) is 11.2. The van der Waals surface area contributed by atoms with E-state index >= 15 is 0 Å². The van der Waals surface area contributed by atoms with Crippen molar-refractivity contribution in [2.24, 2.45) is 8.73 Å². The highest BCUT2D eigenvalue weighted by Gasteiger charge is 2.23. The molecule has 0 fully saturated rings. The van der Waals surface area contributed by atoms with Crippen molar-refractivity contribution in [1.82, 2.24) is 0 Å². The quantitative estimate of drug-likeness (QED) is 0.650. The Morgan fingerprint density at radius 1 is 1.28 bits per heavy atom. The van der Waals surface area contributed by atoms with Crippen LogP contribution in [0.25, 0.3) is 0 Å². The second-order valence-electron chi connectivity index (χ2n) is 3.12. The molecule has 0 aliphatic carbocycles. The summed E-state index contributed by atoms with van der Waals surface area (Å²) in [7, 11) is 1.10. The van der Waals surface area contributed by atoms with Crippen LogP contribution in [0.3, 0.4) is 0 Å². The van der Waals surface area contributed by atoms with Crippen LogP contribution in [0.15, 0.2) is 14.8 Å². The number of anilines is 1. The molecule has 0 bridgehead atoms. The predicted molar refractivity (Wildman–Crippen MR) is 68.6 cm³/mol. The van der Waals surface area contributed by atoms with Crippen LogP contribution >= 0.6 is 23.2 Å². The Hall–Kier alpha value is -1.44. The summed E-state index contributed by atoms with van der Waals surface area (Å²) >= 11 is 12.8. The smallest absolute Gasteiger partial charge is 0.396 e. The molecule has 1 aliphatic rings. The predicted octanol–water partition coefficient (Wildman–Crippen LogP) is 2.83. The third-order valence-corrected chi connectivity index (χ3v) is 3.17. The zero-order valence-electron chi connectivity index (χ0n) is 8.86. The highest BCUT2D eigenvalue weighted by molar-refractivity contribution is 7.58. The minimum absolute atomic E-state index is 0.164. The number of ether oxygens (including phenoxy) is 1. The van der Waals surface area contributed by atoms with Gasteiger partial charge in [0, 0.05) is 0 Å². The van der Waals surface area contributed by atoms with E-state index in [1.54, 1.807) is 0 Å². The number of benzene rings is 1. The number of hydrogen-bond donors (Lipinski definition) is 1.